The van der Waals surface area contributed by atoms with Crippen LogP contribution in [-0.2, 0) is 14.2 Å². The summed E-state index contributed by atoms with van der Waals surface area (Å²) in [5.41, 5.74) is 0. The highest BCUT2D eigenvalue weighted by molar-refractivity contribution is 4.70. The maximum atomic E-state index is 5.15. The van der Waals surface area contributed by atoms with Gasteiger partial charge in [-0.15, -0.1) is 0 Å². The van der Waals surface area contributed by atoms with E-state index in [-0.39, 0.29) is 0 Å². The molecule has 2 N–H and O–H groups in total. The molecule has 5 heteroatoms. The molecule has 5 saturated heterocycles. The third kappa shape index (κ3) is 19.0. The summed E-state index contributed by atoms with van der Waals surface area (Å²) in [5.74, 6) is 2.81. The van der Waals surface area contributed by atoms with E-state index in [4.69, 9.17) is 14.2 Å². The van der Waals surface area contributed by atoms with Crippen LogP contribution in [0.2, 0.25) is 0 Å². The zero-order valence-electron chi connectivity index (χ0n) is 23.7. The number of hydrogen-bond donors (Lipinski definition) is 2. The molecule has 1 saturated carbocycles. The monoisotopic (exact) mass is 484 g/mol. The second kappa shape index (κ2) is 20.9. The minimum atomic E-state index is 0.546. The molecule has 0 unspecified atom stereocenters. The van der Waals surface area contributed by atoms with E-state index in [0.29, 0.717) is 12.2 Å². The van der Waals surface area contributed by atoms with Crippen LogP contribution in [0.4, 0.5) is 0 Å². The van der Waals surface area contributed by atoms with E-state index in [0.717, 1.165) is 50.2 Å². The first-order chi connectivity index (χ1) is 16.4. The van der Waals surface area contributed by atoms with Gasteiger partial charge in [0.25, 0.3) is 0 Å². The molecule has 5 atom stereocenters. The number of ether oxygens (including phenoxy) is 3. The van der Waals surface area contributed by atoms with Crippen LogP contribution in [0.15, 0.2) is 0 Å². The molecule has 5 heterocycles. The Morgan fingerprint density at radius 2 is 1.18 bits per heavy atom. The van der Waals surface area contributed by atoms with Crippen LogP contribution in [0.25, 0.3) is 0 Å². The van der Waals surface area contributed by atoms with E-state index >= 15 is 0 Å². The molecule has 6 fully saturated rings. The Morgan fingerprint density at radius 3 is 1.29 bits per heavy atom. The van der Waals surface area contributed by atoms with E-state index in [1.165, 1.54) is 83.8 Å². The second-order valence-corrected chi connectivity index (χ2v) is 11.4. The smallest absolute Gasteiger partial charge is 0.0568 e. The minimum absolute atomic E-state index is 0.546. The molecule has 0 radical (unpaired) electrons. The largest absolute Gasteiger partial charge is 0.381 e. The van der Waals surface area contributed by atoms with Crippen molar-refractivity contribution in [2.75, 3.05) is 46.1 Å². The van der Waals surface area contributed by atoms with Gasteiger partial charge in [-0.1, -0.05) is 46.5 Å². The van der Waals surface area contributed by atoms with E-state index < -0.39 is 0 Å². The van der Waals surface area contributed by atoms with Gasteiger partial charge in [-0.05, 0) is 96.7 Å². The molecule has 0 bridgehead atoms. The third-order valence-electron chi connectivity index (χ3n) is 7.26. The van der Waals surface area contributed by atoms with Crippen molar-refractivity contribution in [3.8, 4) is 0 Å². The molecule has 5 aliphatic heterocycles. The Labute approximate surface area is 212 Å². The number of nitrogens with one attached hydrogen (secondary N) is 2. The summed E-state index contributed by atoms with van der Waals surface area (Å²) in [5, 5.41) is 6.48. The van der Waals surface area contributed by atoms with Crippen molar-refractivity contribution in [2.24, 2.45) is 17.8 Å². The average molecular weight is 485 g/mol. The first-order valence-corrected chi connectivity index (χ1v) is 14.6. The lowest BCUT2D eigenvalue weighted by Crippen LogP contribution is -2.39. The lowest BCUT2D eigenvalue weighted by Gasteiger charge is -2.22. The number of hydrogen-bond acceptors (Lipinski definition) is 5. The van der Waals surface area contributed by atoms with Crippen LogP contribution in [0.5, 0.6) is 0 Å². The van der Waals surface area contributed by atoms with Gasteiger partial charge >= 0.3 is 0 Å². The van der Waals surface area contributed by atoms with Crippen LogP contribution in [0.1, 0.15) is 106 Å². The fourth-order valence-corrected chi connectivity index (χ4v) is 4.11. The standard InChI is InChI=1S/C6H12.C5H11N.2C5H10O.C4H9N.C4H8O/c1-6-4-2-3-5-6;2*1-5-2-3-6-4-5;1-5-3-2-4-6-5;2*1-4-2-3-5-4/h6H,2-5H2,1H3;5-6H,2-4H2,1H3;2*5H,2-4H2,1H3;4-5H,2-3H2,1H3;4H,2-3H2,1H3/t;3*5-;2*4-/m.11111/s1. The van der Waals surface area contributed by atoms with Crippen LogP contribution >= 0.6 is 0 Å². The van der Waals surface area contributed by atoms with Crippen molar-refractivity contribution in [1.29, 1.82) is 0 Å². The van der Waals surface area contributed by atoms with Gasteiger partial charge in [0.2, 0.25) is 0 Å². The van der Waals surface area contributed by atoms with Gasteiger partial charge in [0.1, 0.15) is 0 Å². The average Bonchev–Trinajstić information content (AvgIpc) is 3.59. The second-order valence-electron chi connectivity index (χ2n) is 11.4. The Balaban J connectivity index is 0.000000204. The molecule has 0 amide bonds. The van der Waals surface area contributed by atoms with Gasteiger partial charge in [0.05, 0.1) is 12.2 Å². The molecular formula is C29H60N2O3. The highest BCUT2D eigenvalue weighted by atomic mass is 16.5. The first kappa shape index (κ1) is 31.8. The third-order valence-corrected chi connectivity index (χ3v) is 7.26. The Bertz CT molecular complexity index is 351. The zero-order valence-corrected chi connectivity index (χ0v) is 23.7. The maximum absolute atomic E-state index is 5.15. The van der Waals surface area contributed by atoms with E-state index in [2.05, 4.69) is 52.2 Å². The molecule has 1 aliphatic carbocycles. The predicted octanol–water partition coefficient (Wildman–Crippen LogP) is 6.20. The van der Waals surface area contributed by atoms with E-state index in [1.54, 1.807) is 0 Å². The lowest BCUT2D eigenvalue weighted by molar-refractivity contribution is -0.0375. The highest BCUT2D eigenvalue weighted by Crippen LogP contribution is 2.23. The summed E-state index contributed by atoms with van der Waals surface area (Å²) in [6.07, 6.45) is 14.9. The topological polar surface area (TPSA) is 51.8 Å². The van der Waals surface area contributed by atoms with Crippen molar-refractivity contribution in [1.82, 2.24) is 10.6 Å². The molecular weight excluding hydrogens is 424 g/mol. The summed E-state index contributed by atoms with van der Waals surface area (Å²) in [6, 6.07) is 0.815. The van der Waals surface area contributed by atoms with Crippen LogP contribution in [-0.4, -0.2) is 64.3 Å². The van der Waals surface area contributed by atoms with Crippen molar-refractivity contribution in [3.63, 3.8) is 0 Å². The molecule has 5 nitrogen and oxygen atoms in total. The molecule has 204 valence electrons. The van der Waals surface area contributed by atoms with Gasteiger partial charge in [-0.3, -0.25) is 0 Å². The van der Waals surface area contributed by atoms with Gasteiger partial charge in [0, 0.05) is 32.5 Å². The molecule has 6 rings (SSSR count). The first-order valence-electron chi connectivity index (χ1n) is 14.6. The quantitative estimate of drug-likeness (QED) is 0.428. The Kier molecular flexibility index (Phi) is 19.6. The molecule has 0 spiro atoms. The van der Waals surface area contributed by atoms with Gasteiger partial charge in [-0.25, -0.2) is 0 Å². The maximum Gasteiger partial charge on any atom is 0.0568 e. The van der Waals surface area contributed by atoms with Crippen molar-refractivity contribution in [3.05, 3.63) is 0 Å². The normalized spacial score (nSPS) is 33.5. The molecule has 0 aromatic heterocycles. The van der Waals surface area contributed by atoms with Gasteiger partial charge < -0.3 is 24.8 Å². The van der Waals surface area contributed by atoms with Crippen molar-refractivity contribution < 1.29 is 14.2 Å². The highest BCUT2D eigenvalue weighted by Gasteiger charge is 2.10. The van der Waals surface area contributed by atoms with Crippen molar-refractivity contribution >= 4 is 0 Å². The van der Waals surface area contributed by atoms with E-state index in [9.17, 15) is 0 Å². The fraction of sp³-hybridized carbons (Fsp3) is 1.00. The summed E-state index contributed by atoms with van der Waals surface area (Å²) in [6.45, 7) is 20.9. The lowest BCUT2D eigenvalue weighted by atomic mass is 10.1. The fourth-order valence-electron chi connectivity index (χ4n) is 4.11. The molecule has 6 aliphatic rings. The van der Waals surface area contributed by atoms with Crippen LogP contribution in [0, 0.1) is 17.8 Å². The molecule has 0 aromatic rings. The van der Waals surface area contributed by atoms with Crippen molar-refractivity contribution in [2.45, 2.75) is 124 Å². The Morgan fingerprint density at radius 1 is 0.559 bits per heavy atom. The molecule has 34 heavy (non-hydrogen) atoms. The van der Waals surface area contributed by atoms with Crippen LogP contribution in [0.3, 0.4) is 0 Å². The van der Waals surface area contributed by atoms with Gasteiger partial charge in [0.15, 0.2) is 0 Å². The number of rotatable bonds is 0. The van der Waals surface area contributed by atoms with E-state index in [1.807, 2.05) is 0 Å². The SMILES string of the molecule is CC1CCCC1.C[C@@H]1CCCO1.C[C@@H]1CCN1.C[C@@H]1CCNC1.C[C@@H]1CCO1.C[C@@H]1CCOC1. The minimum Gasteiger partial charge on any atom is -0.381 e. The predicted molar refractivity (Wildman–Crippen MR) is 146 cm³/mol. The summed E-state index contributed by atoms with van der Waals surface area (Å²) in [7, 11) is 0. The summed E-state index contributed by atoms with van der Waals surface area (Å²) < 4.78 is 15.1. The van der Waals surface area contributed by atoms with Crippen LogP contribution < -0.4 is 10.6 Å². The zero-order chi connectivity index (χ0) is 25.0. The Hall–Kier alpha value is -0.200. The van der Waals surface area contributed by atoms with Gasteiger partial charge in [-0.2, -0.15) is 0 Å². The summed E-state index contributed by atoms with van der Waals surface area (Å²) in [4.78, 5) is 0. The molecule has 0 aromatic carbocycles. The summed E-state index contributed by atoms with van der Waals surface area (Å²) >= 11 is 0.